The van der Waals surface area contributed by atoms with Crippen LogP contribution in [0.5, 0.6) is 0 Å². The number of para-hydroxylation sites is 1. The Morgan fingerprint density at radius 2 is 1.73 bits per heavy atom. The molecule has 2 aliphatic rings. The van der Waals surface area contributed by atoms with Crippen LogP contribution in [-0.2, 0) is 19.6 Å². The van der Waals surface area contributed by atoms with Gasteiger partial charge in [-0.25, -0.2) is 8.42 Å². The van der Waals surface area contributed by atoms with Crippen LogP contribution in [0.3, 0.4) is 0 Å². The summed E-state index contributed by atoms with van der Waals surface area (Å²) in [6.07, 6.45) is 4.22. The van der Waals surface area contributed by atoms with E-state index in [2.05, 4.69) is 0 Å². The van der Waals surface area contributed by atoms with Gasteiger partial charge in [0.1, 0.15) is 0 Å². The standard InChI is InChI=1S/C22H24N2O4S2/c25-22(24-12-3-17-29-21-5-2-1-4-20(21)24)11-8-18-6-9-19(10-7-18)30(26,27)23-13-15-28-16-14-23/h1-2,4-11H,3,12-17H2/b11-8+. The van der Waals surface area contributed by atoms with E-state index in [0.29, 0.717) is 32.8 Å². The predicted molar refractivity (Wildman–Crippen MR) is 119 cm³/mol. The number of hydrogen-bond acceptors (Lipinski definition) is 5. The molecular formula is C22H24N2O4S2. The highest BCUT2D eigenvalue weighted by Gasteiger charge is 2.26. The molecule has 0 aliphatic carbocycles. The molecule has 0 saturated carbocycles. The summed E-state index contributed by atoms with van der Waals surface area (Å²) < 4.78 is 32.1. The number of sulfonamides is 1. The van der Waals surface area contributed by atoms with Crippen molar-refractivity contribution < 1.29 is 17.9 Å². The molecule has 0 radical (unpaired) electrons. The highest BCUT2D eigenvalue weighted by molar-refractivity contribution is 7.99. The molecule has 0 N–H and O–H groups in total. The quantitative estimate of drug-likeness (QED) is 0.678. The van der Waals surface area contributed by atoms with E-state index >= 15 is 0 Å². The lowest BCUT2D eigenvalue weighted by molar-refractivity contribution is -0.114. The van der Waals surface area contributed by atoms with Crippen molar-refractivity contribution >= 4 is 39.5 Å². The van der Waals surface area contributed by atoms with Gasteiger partial charge < -0.3 is 9.64 Å². The normalized spacial score (nSPS) is 18.2. The number of carbonyl (C=O) groups excluding carboxylic acids is 1. The van der Waals surface area contributed by atoms with Gasteiger partial charge in [-0.3, -0.25) is 4.79 Å². The molecule has 2 aliphatic heterocycles. The summed E-state index contributed by atoms with van der Waals surface area (Å²) in [5.74, 6) is 0.916. The molecule has 0 bridgehead atoms. The number of fused-ring (bicyclic) bond motifs is 1. The topological polar surface area (TPSA) is 66.9 Å². The first-order valence-corrected chi connectivity index (χ1v) is 12.4. The second-order valence-electron chi connectivity index (χ2n) is 7.08. The van der Waals surface area contributed by atoms with Crippen LogP contribution in [-0.4, -0.2) is 57.2 Å². The number of hydrogen-bond donors (Lipinski definition) is 0. The fourth-order valence-corrected chi connectivity index (χ4v) is 5.90. The molecule has 8 heteroatoms. The van der Waals surface area contributed by atoms with Gasteiger partial charge in [0.25, 0.3) is 5.91 Å². The number of rotatable bonds is 4. The minimum absolute atomic E-state index is 0.0741. The maximum Gasteiger partial charge on any atom is 0.251 e. The van der Waals surface area contributed by atoms with Crippen LogP contribution >= 0.6 is 11.8 Å². The van der Waals surface area contributed by atoms with Crippen LogP contribution in [0.4, 0.5) is 5.69 Å². The number of amides is 1. The SMILES string of the molecule is O=C(/C=C/c1ccc(S(=O)(=O)N2CCOCC2)cc1)N1CCCSc2ccccc21. The summed E-state index contributed by atoms with van der Waals surface area (Å²) in [6.45, 7) is 2.26. The Hall–Kier alpha value is -2.13. The van der Waals surface area contributed by atoms with Gasteiger partial charge in [0.2, 0.25) is 10.0 Å². The smallest absolute Gasteiger partial charge is 0.251 e. The van der Waals surface area contributed by atoms with Gasteiger partial charge in [-0.15, -0.1) is 11.8 Å². The summed E-state index contributed by atoms with van der Waals surface area (Å²) in [7, 11) is -3.51. The maximum atomic E-state index is 12.8. The number of anilines is 1. The Morgan fingerprint density at radius 1 is 1.00 bits per heavy atom. The van der Waals surface area contributed by atoms with Gasteiger partial charge in [0.15, 0.2) is 0 Å². The molecule has 4 rings (SSSR count). The molecule has 30 heavy (non-hydrogen) atoms. The lowest BCUT2D eigenvalue weighted by Gasteiger charge is -2.26. The number of thioether (sulfide) groups is 1. The number of ether oxygens (including phenoxy) is 1. The highest BCUT2D eigenvalue weighted by atomic mass is 32.2. The summed E-state index contributed by atoms with van der Waals surface area (Å²) in [4.78, 5) is 16.0. The van der Waals surface area contributed by atoms with E-state index in [4.69, 9.17) is 4.74 Å². The van der Waals surface area contributed by atoms with Crippen molar-refractivity contribution in [3.8, 4) is 0 Å². The number of nitrogens with zero attached hydrogens (tertiary/aromatic N) is 2. The van der Waals surface area contributed by atoms with E-state index in [9.17, 15) is 13.2 Å². The largest absolute Gasteiger partial charge is 0.379 e. The average Bonchev–Trinajstić information content (AvgIpc) is 3.01. The monoisotopic (exact) mass is 444 g/mol. The van der Waals surface area contributed by atoms with Crippen molar-refractivity contribution in [3.63, 3.8) is 0 Å². The summed E-state index contributed by atoms with van der Waals surface area (Å²) in [6, 6.07) is 14.6. The van der Waals surface area contributed by atoms with Gasteiger partial charge >= 0.3 is 0 Å². The molecule has 2 aromatic carbocycles. The molecule has 1 saturated heterocycles. The predicted octanol–water partition coefficient (Wildman–Crippen LogP) is 3.25. The second kappa shape index (κ2) is 9.34. The molecule has 1 fully saturated rings. The minimum atomic E-state index is -3.51. The zero-order valence-electron chi connectivity index (χ0n) is 16.6. The van der Waals surface area contributed by atoms with E-state index in [1.54, 1.807) is 48.2 Å². The molecule has 6 nitrogen and oxygen atoms in total. The van der Waals surface area contributed by atoms with Gasteiger partial charge in [0, 0.05) is 30.6 Å². The van der Waals surface area contributed by atoms with E-state index in [1.807, 2.05) is 29.2 Å². The summed E-state index contributed by atoms with van der Waals surface area (Å²) >= 11 is 1.77. The van der Waals surface area contributed by atoms with Crippen molar-refractivity contribution in [1.29, 1.82) is 0 Å². The first-order chi connectivity index (χ1) is 14.6. The maximum absolute atomic E-state index is 12.8. The van der Waals surface area contributed by atoms with Crippen molar-refractivity contribution in [2.75, 3.05) is 43.5 Å². The Bertz CT molecular complexity index is 1030. The molecule has 0 unspecified atom stereocenters. The molecule has 2 aromatic rings. The Kier molecular flexibility index (Phi) is 6.58. The van der Waals surface area contributed by atoms with Crippen LogP contribution in [0.1, 0.15) is 12.0 Å². The third kappa shape index (κ3) is 4.62. The van der Waals surface area contributed by atoms with E-state index in [1.165, 1.54) is 4.31 Å². The minimum Gasteiger partial charge on any atom is -0.379 e. The van der Waals surface area contributed by atoms with Crippen LogP contribution in [0.2, 0.25) is 0 Å². The molecule has 0 spiro atoms. The average molecular weight is 445 g/mol. The number of benzene rings is 2. The van der Waals surface area contributed by atoms with Crippen molar-refractivity contribution in [1.82, 2.24) is 4.31 Å². The summed E-state index contributed by atoms with van der Waals surface area (Å²) in [5.41, 5.74) is 1.73. The molecule has 0 aromatic heterocycles. The third-order valence-corrected chi connectivity index (χ3v) is 8.17. The fourth-order valence-electron chi connectivity index (χ4n) is 3.50. The van der Waals surface area contributed by atoms with Crippen LogP contribution in [0.15, 0.2) is 64.4 Å². The third-order valence-electron chi connectivity index (χ3n) is 5.11. The molecule has 158 valence electrons. The van der Waals surface area contributed by atoms with Gasteiger partial charge in [-0.1, -0.05) is 24.3 Å². The van der Waals surface area contributed by atoms with Crippen molar-refractivity contribution in [3.05, 3.63) is 60.2 Å². The number of morpholine rings is 1. The van der Waals surface area contributed by atoms with E-state index < -0.39 is 10.0 Å². The molecular weight excluding hydrogens is 420 g/mol. The van der Waals surface area contributed by atoms with Crippen LogP contribution in [0, 0.1) is 0 Å². The fraction of sp³-hybridized carbons (Fsp3) is 0.318. The van der Waals surface area contributed by atoms with Crippen LogP contribution < -0.4 is 4.90 Å². The Morgan fingerprint density at radius 3 is 2.50 bits per heavy atom. The van der Waals surface area contributed by atoms with E-state index in [-0.39, 0.29) is 10.8 Å². The second-order valence-corrected chi connectivity index (χ2v) is 10.2. The van der Waals surface area contributed by atoms with Crippen molar-refractivity contribution in [2.24, 2.45) is 0 Å². The summed E-state index contributed by atoms with van der Waals surface area (Å²) in [5, 5.41) is 0. The van der Waals surface area contributed by atoms with Crippen LogP contribution in [0.25, 0.3) is 6.08 Å². The highest BCUT2D eigenvalue weighted by Crippen LogP contribution is 2.33. The van der Waals surface area contributed by atoms with Gasteiger partial charge in [0.05, 0.1) is 23.8 Å². The Balaban J connectivity index is 1.47. The van der Waals surface area contributed by atoms with Crippen molar-refractivity contribution in [2.45, 2.75) is 16.2 Å². The first-order valence-electron chi connectivity index (χ1n) is 9.95. The van der Waals surface area contributed by atoms with Gasteiger partial charge in [-0.2, -0.15) is 4.31 Å². The zero-order chi connectivity index (χ0) is 21.0. The van der Waals surface area contributed by atoms with E-state index in [0.717, 1.165) is 28.3 Å². The van der Waals surface area contributed by atoms with Gasteiger partial charge in [-0.05, 0) is 48.1 Å². The lowest BCUT2D eigenvalue weighted by Crippen LogP contribution is -2.40. The number of carbonyl (C=O) groups is 1. The Labute approximate surface area is 181 Å². The molecule has 1 amide bonds. The molecule has 0 atom stereocenters. The lowest BCUT2D eigenvalue weighted by atomic mass is 10.2. The molecule has 2 heterocycles. The first kappa shape index (κ1) is 21.1. The zero-order valence-corrected chi connectivity index (χ0v) is 18.2.